The topological polar surface area (TPSA) is 320 Å². The van der Waals surface area contributed by atoms with Crippen LogP contribution in [0.2, 0.25) is 0 Å². The van der Waals surface area contributed by atoms with Gasteiger partial charge in [-0.05, 0) is 6.42 Å². The highest BCUT2D eigenvalue weighted by Gasteiger charge is 2.51. The van der Waals surface area contributed by atoms with E-state index >= 15 is 0 Å². The van der Waals surface area contributed by atoms with E-state index in [1.54, 1.807) is 6.92 Å². The number of H-pyrrole nitrogens is 1. The highest BCUT2D eigenvalue weighted by molar-refractivity contribution is 7.47. The van der Waals surface area contributed by atoms with Crippen LogP contribution in [0.5, 0.6) is 0 Å². The van der Waals surface area contributed by atoms with E-state index in [2.05, 4.69) is 29.9 Å². The molecule has 22 nitrogen and oxygen atoms in total. The molecule has 244 valence electrons. The van der Waals surface area contributed by atoms with E-state index in [0.29, 0.717) is 0 Å². The number of nitrogen functional groups attached to an aromatic ring is 2. The highest BCUT2D eigenvalue weighted by Crippen LogP contribution is 2.53. The average molecular weight is 674 g/mol. The van der Waals surface area contributed by atoms with Gasteiger partial charge in [0.15, 0.2) is 35.1 Å². The van der Waals surface area contributed by atoms with Gasteiger partial charge in [0.2, 0.25) is 5.95 Å². The molecule has 2 saturated heterocycles. The number of hydrogen-bond acceptors (Lipinski definition) is 17. The van der Waals surface area contributed by atoms with Crippen LogP contribution in [0.15, 0.2) is 23.8 Å². The summed E-state index contributed by atoms with van der Waals surface area (Å²) >= 11 is 0. The number of ether oxygens (including phenoxy) is 1. The Labute approximate surface area is 251 Å². The molecular formula is C21H28N10O12P2. The molecule has 2 fully saturated rings. The Hall–Kier alpha value is -3.40. The van der Waals surface area contributed by atoms with Gasteiger partial charge >= 0.3 is 15.6 Å². The van der Waals surface area contributed by atoms with Gasteiger partial charge in [-0.25, -0.2) is 29.1 Å². The highest BCUT2D eigenvalue weighted by atomic mass is 31.2. The van der Waals surface area contributed by atoms with Crippen LogP contribution >= 0.6 is 15.6 Å². The summed E-state index contributed by atoms with van der Waals surface area (Å²) < 4.78 is 55.7. The molecular weight excluding hydrogens is 646 g/mol. The van der Waals surface area contributed by atoms with Crippen LogP contribution in [0.3, 0.4) is 0 Å². The van der Waals surface area contributed by atoms with Crippen LogP contribution < -0.4 is 17.0 Å². The predicted molar refractivity (Wildman–Crippen MR) is 149 cm³/mol. The van der Waals surface area contributed by atoms with Gasteiger partial charge in [0.05, 0.1) is 25.9 Å². The predicted octanol–water partition coefficient (Wildman–Crippen LogP) is -1.08. The normalized spacial score (nSPS) is 33.9. The summed E-state index contributed by atoms with van der Waals surface area (Å²) in [6.07, 6.45) is -6.32. The molecule has 0 saturated carbocycles. The molecule has 2 bridgehead atoms. The van der Waals surface area contributed by atoms with Crippen molar-refractivity contribution >= 4 is 49.7 Å². The van der Waals surface area contributed by atoms with E-state index in [-0.39, 0.29) is 40.5 Å². The fourth-order valence-electron chi connectivity index (χ4n) is 5.10. The first-order valence-corrected chi connectivity index (χ1v) is 16.3. The number of rotatable bonds is 4. The molecule has 9 atom stereocenters. The lowest BCUT2D eigenvalue weighted by molar-refractivity contribution is -0.0824. The molecule has 0 spiro atoms. The van der Waals surface area contributed by atoms with Crippen LogP contribution in [-0.2, 0) is 32.0 Å². The minimum absolute atomic E-state index is 0.00775. The first-order chi connectivity index (χ1) is 21.3. The van der Waals surface area contributed by atoms with Gasteiger partial charge in [-0.3, -0.25) is 37.0 Å². The standard InChI is InChI=1S/C21H28N10O12P2/c1-2-8-3-39-44(35,36)43-14-12(32)9(41-20(14)31-7-27-11-17(31)28-21(23)29-18(11)33)4-40-45(37,38)42-13(8)19(34)30-6-26-10-15(22)24-5-25-16(10)30/h5-9,12-14,19-20,32,34H,2-4H2,1H3,(H,35,36)(H,37,38)(H2,22,24,25)(H3,23,28,29,33)/t8-,9-,12-,13-,14-,19-,20-/m1/s1. The maximum absolute atomic E-state index is 13.2. The zero-order valence-corrected chi connectivity index (χ0v) is 24.9. The smallest absolute Gasteiger partial charge is 0.387 e. The Balaban J connectivity index is 1.34. The Morgan fingerprint density at radius 1 is 1.04 bits per heavy atom. The fraction of sp³-hybridized carbons (Fsp3) is 0.524. The van der Waals surface area contributed by atoms with Crippen LogP contribution in [0.1, 0.15) is 25.8 Å². The van der Waals surface area contributed by atoms with Crippen molar-refractivity contribution in [2.24, 2.45) is 5.92 Å². The third kappa shape index (κ3) is 5.98. The Bertz CT molecular complexity index is 1880. The first-order valence-electron chi connectivity index (χ1n) is 13.3. The monoisotopic (exact) mass is 674 g/mol. The molecule has 0 amide bonds. The molecule has 2 unspecified atom stereocenters. The van der Waals surface area contributed by atoms with Crippen molar-refractivity contribution in [1.82, 2.24) is 39.0 Å². The van der Waals surface area contributed by atoms with E-state index in [1.165, 1.54) is 0 Å². The quantitative estimate of drug-likeness (QED) is 0.127. The number of phosphoric ester groups is 2. The second kappa shape index (κ2) is 11.8. The van der Waals surface area contributed by atoms with Gasteiger partial charge in [-0.1, -0.05) is 6.92 Å². The molecule has 0 aromatic carbocycles. The van der Waals surface area contributed by atoms with Crippen LogP contribution in [0.4, 0.5) is 11.8 Å². The summed E-state index contributed by atoms with van der Waals surface area (Å²) in [6, 6.07) is 0. The Kier molecular flexibility index (Phi) is 8.25. The number of aliphatic hydroxyl groups excluding tert-OH is 2. The minimum Gasteiger partial charge on any atom is -0.387 e. The molecule has 4 aromatic heterocycles. The maximum Gasteiger partial charge on any atom is 0.472 e. The summed E-state index contributed by atoms with van der Waals surface area (Å²) in [6.45, 7) is 0.144. The summed E-state index contributed by atoms with van der Waals surface area (Å²) in [5.41, 5.74) is 10.7. The van der Waals surface area contributed by atoms with Crippen LogP contribution in [-0.4, -0.2) is 96.7 Å². The number of phosphoric acid groups is 2. The number of nitrogens with zero attached hydrogens (tertiary/aromatic N) is 7. The Morgan fingerprint density at radius 2 is 1.76 bits per heavy atom. The van der Waals surface area contributed by atoms with Gasteiger partial charge < -0.3 is 36.2 Å². The summed E-state index contributed by atoms with van der Waals surface area (Å²) in [5.74, 6) is -1.31. The molecule has 9 N–H and O–H groups in total. The third-order valence-corrected chi connectivity index (χ3v) is 9.33. The SMILES string of the molecule is CC[C@@H]1COP(=O)(O)O[C@@H]2[C@H](O)[C@@H](COP(=O)(O)O[C@H]1[C@@H](O)n1cnc3c(N)ncnc31)O[C@H]2n1cnc2c(=O)[nH]c(N)nc21. The lowest BCUT2D eigenvalue weighted by Crippen LogP contribution is -2.36. The number of imidazole rings is 2. The number of fused-ring (bicyclic) bond motifs is 4. The van der Waals surface area contributed by atoms with Gasteiger partial charge in [-0.2, -0.15) is 4.98 Å². The van der Waals surface area contributed by atoms with E-state index < -0.39 is 77.2 Å². The average Bonchev–Trinajstić information content (AvgIpc) is 3.67. The van der Waals surface area contributed by atoms with Gasteiger partial charge in [-0.15, -0.1) is 0 Å². The van der Waals surface area contributed by atoms with E-state index in [4.69, 9.17) is 34.3 Å². The number of anilines is 2. The molecule has 6 rings (SSSR count). The zero-order valence-electron chi connectivity index (χ0n) is 23.1. The lowest BCUT2D eigenvalue weighted by atomic mass is 9.99. The van der Waals surface area contributed by atoms with E-state index in [1.807, 2.05) is 0 Å². The van der Waals surface area contributed by atoms with Gasteiger partial charge in [0.25, 0.3) is 5.56 Å². The summed E-state index contributed by atoms with van der Waals surface area (Å²) in [7, 11) is -10.1. The molecule has 2 aliphatic rings. The molecule has 0 aliphatic carbocycles. The number of aliphatic hydroxyl groups is 2. The first kappa shape index (κ1) is 31.6. The third-order valence-electron chi connectivity index (χ3n) is 7.36. The second-order valence-electron chi connectivity index (χ2n) is 10.2. The number of aromatic amines is 1. The number of nitrogens with one attached hydrogen (secondary N) is 1. The van der Waals surface area contributed by atoms with E-state index in [9.17, 15) is 33.9 Å². The van der Waals surface area contributed by atoms with Crippen LogP contribution in [0, 0.1) is 5.92 Å². The van der Waals surface area contributed by atoms with E-state index in [0.717, 1.165) is 28.1 Å². The minimum atomic E-state index is -5.07. The molecule has 4 aromatic rings. The number of hydrogen-bond donors (Lipinski definition) is 7. The zero-order chi connectivity index (χ0) is 32.3. The molecule has 0 radical (unpaired) electrons. The lowest BCUT2D eigenvalue weighted by Gasteiger charge is -2.32. The van der Waals surface area contributed by atoms with Crippen molar-refractivity contribution in [2.45, 2.75) is 50.2 Å². The van der Waals surface area contributed by atoms with Gasteiger partial charge in [0, 0.05) is 5.92 Å². The molecule has 6 heterocycles. The largest absolute Gasteiger partial charge is 0.472 e. The maximum atomic E-state index is 13.2. The molecule has 24 heteroatoms. The molecule has 2 aliphatic heterocycles. The number of nitrogens with two attached hydrogens (primary N) is 2. The Morgan fingerprint density at radius 3 is 2.51 bits per heavy atom. The summed E-state index contributed by atoms with van der Waals surface area (Å²) in [4.78, 5) is 55.9. The summed E-state index contributed by atoms with van der Waals surface area (Å²) in [5, 5.41) is 22.4. The van der Waals surface area contributed by atoms with Crippen molar-refractivity contribution < 1.29 is 52.0 Å². The fourth-order valence-corrected chi connectivity index (χ4v) is 7.06. The van der Waals surface area contributed by atoms with Gasteiger partial charge in [0.1, 0.15) is 36.3 Å². The second-order valence-corrected chi connectivity index (χ2v) is 13.0. The number of aromatic nitrogens is 8. The van der Waals surface area contributed by atoms with Crippen LogP contribution in [0.25, 0.3) is 22.3 Å². The van der Waals surface area contributed by atoms with Crippen molar-refractivity contribution in [3.63, 3.8) is 0 Å². The molecule has 45 heavy (non-hydrogen) atoms. The van der Waals surface area contributed by atoms with Crippen molar-refractivity contribution in [3.05, 3.63) is 29.3 Å². The van der Waals surface area contributed by atoms with Crippen molar-refractivity contribution in [1.29, 1.82) is 0 Å². The van der Waals surface area contributed by atoms with Crippen molar-refractivity contribution in [3.8, 4) is 0 Å². The van der Waals surface area contributed by atoms with Crippen molar-refractivity contribution in [2.75, 3.05) is 24.7 Å².